The highest BCUT2D eigenvalue weighted by molar-refractivity contribution is 5.97. The lowest BCUT2D eigenvalue weighted by Gasteiger charge is -2.36. The van der Waals surface area contributed by atoms with Crippen LogP contribution in [0.1, 0.15) is 45.5 Å². The number of aromatic hydroxyl groups is 1. The van der Waals surface area contributed by atoms with Gasteiger partial charge < -0.3 is 20.5 Å². The van der Waals surface area contributed by atoms with E-state index in [9.17, 15) is 19.5 Å². The molecule has 3 rings (SSSR count). The molecule has 152 valence electrons. The molecule has 1 fully saturated rings. The van der Waals surface area contributed by atoms with Crippen LogP contribution in [0, 0.1) is 0 Å². The summed E-state index contributed by atoms with van der Waals surface area (Å²) in [7, 11) is 0. The SMILES string of the molecule is NC(=O)Cc1ccccc1C(=O)N1CCCC[C@H]1COc1cccc(O)c1C=O. The van der Waals surface area contributed by atoms with Crippen LogP contribution < -0.4 is 10.5 Å². The van der Waals surface area contributed by atoms with Gasteiger partial charge in [0.2, 0.25) is 5.91 Å². The van der Waals surface area contributed by atoms with Crippen LogP contribution in [0.5, 0.6) is 11.5 Å². The van der Waals surface area contributed by atoms with Gasteiger partial charge in [0.05, 0.1) is 18.0 Å². The number of hydrogen-bond donors (Lipinski definition) is 2. The van der Waals surface area contributed by atoms with Crippen molar-refractivity contribution in [3.05, 3.63) is 59.2 Å². The summed E-state index contributed by atoms with van der Waals surface area (Å²) in [4.78, 5) is 37.6. The zero-order valence-corrected chi connectivity index (χ0v) is 16.0. The Labute approximate surface area is 169 Å². The first-order chi connectivity index (χ1) is 14.0. The van der Waals surface area contributed by atoms with E-state index in [1.807, 2.05) is 0 Å². The van der Waals surface area contributed by atoms with Crippen molar-refractivity contribution in [2.45, 2.75) is 31.7 Å². The summed E-state index contributed by atoms with van der Waals surface area (Å²) in [5.41, 5.74) is 6.47. The topological polar surface area (TPSA) is 110 Å². The average Bonchev–Trinajstić information content (AvgIpc) is 2.72. The summed E-state index contributed by atoms with van der Waals surface area (Å²) in [6.07, 6.45) is 3.16. The number of ether oxygens (including phenoxy) is 1. The third-order valence-electron chi connectivity index (χ3n) is 5.09. The van der Waals surface area contributed by atoms with E-state index in [1.165, 1.54) is 6.07 Å². The number of carbonyl (C=O) groups excluding carboxylic acids is 3. The van der Waals surface area contributed by atoms with Crippen LogP contribution in [0.25, 0.3) is 0 Å². The summed E-state index contributed by atoms with van der Waals surface area (Å²) >= 11 is 0. The van der Waals surface area contributed by atoms with E-state index in [1.54, 1.807) is 41.3 Å². The first-order valence-corrected chi connectivity index (χ1v) is 9.58. The number of benzene rings is 2. The number of nitrogens with two attached hydrogens (primary N) is 1. The second-order valence-corrected chi connectivity index (χ2v) is 7.07. The molecular formula is C22H24N2O5. The Balaban J connectivity index is 1.78. The van der Waals surface area contributed by atoms with Gasteiger partial charge in [-0.15, -0.1) is 0 Å². The molecule has 3 N–H and O–H groups in total. The number of piperidine rings is 1. The molecule has 2 amide bonds. The molecular weight excluding hydrogens is 372 g/mol. The minimum absolute atomic E-state index is 0.00288. The summed E-state index contributed by atoms with van der Waals surface area (Å²) in [5.74, 6) is -0.516. The maximum absolute atomic E-state index is 13.2. The molecule has 7 heteroatoms. The van der Waals surface area contributed by atoms with Gasteiger partial charge in [0.1, 0.15) is 18.1 Å². The van der Waals surface area contributed by atoms with E-state index < -0.39 is 5.91 Å². The van der Waals surface area contributed by atoms with Gasteiger partial charge in [0.25, 0.3) is 5.91 Å². The van der Waals surface area contributed by atoms with Gasteiger partial charge in [-0.1, -0.05) is 24.3 Å². The van der Waals surface area contributed by atoms with Crippen molar-refractivity contribution >= 4 is 18.1 Å². The molecule has 7 nitrogen and oxygen atoms in total. The van der Waals surface area contributed by atoms with Gasteiger partial charge >= 0.3 is 0 Å². The molecule has 0 aromatic heterocycles. The van der Waals surface area contributed by atoms with E-state index in [0.29, 0.717) is 24.0 Å². The van der Waals surface area contributed by atoms with E-state index in [2.05, 4.69) is 0 Å². The van der Waals surface area contributed by atoms with Gasteiger partial charge in [-0.25, -0.2) is 0 Å². The van der Waals surface area contributed by atoms with Crippen molar-refractivity contribution in [3.63, 3.8) is 0 Å². The first-order valence-electron chi connectivity index (χ1n) is 9.58. The van der Waals surface area contributed by atoms with E-state index in [4.69, 9.17) is 10.5 Å². The van der Waals surface area contributed by atoms with Crippen LogP contribution >= 0.6 is 0 Å². The van der Waals surface area contributed by atoms with Crippen LogP contribution in [-0.4, -0.2) is 47.3 Å². The lowest BCUT2D eigenvalue weighted by Crippen LogP contribution is -2.47. The Morgan fingerprint density at radius 1 is 1.17 bits per heavy atom. The second-order valence-electron chi connectivity index (χ2n) is 7.07. The highest BCUT2D eigenvalue weighted by Gasteiger charge is 2.29. The number of likely N-dealkylation sites (tertiary alicyclic amines) is 1. The van der Waals surface area contributed by atoms with Gasteiger partial charge in [-0.3, -0.25) is 14.4 Å². The van der Waals surface area contributed by atoms with Crippen LogP contribution in [0.3, 0.4) is 0 Å². The van der Waals surface area contributed by atoms with E-state index in [-0.39, 0.29) is 42.0 Å². The standard InChI is InChI=1S/C22H24N2O5/c23-21(27)12-15-6-1-2-8-17(15)22(28)24-11-4-3-7-16(24)14-29-20-10-5-9-19(26)18(20)13-25/h1-2,5-6,8-10,13,16,26H,3-4,7,11-12,14H2,(H2,23,27)/t16-/m0/s1. The van der Waals surface area contributed by atoms with Crippen LogP contribution in [0.2, 0.25) is 0 Å². The Hall–Kier alpha value is -3.35. The fraction of sp³-hybridized carbons (Fsp3) is 0.318. The maximum atomic E-state index is 13.2. The van der Waals surface area contributed by atoms with Gasteiger partial charge in [0, 0.05) is 12.1 Å². The van der Waals surface area contributed by atoms with E-state index in [0.717, 1.165) is 19.3 Å². The summed E-state index contributed by atoms with van der Waals surface area (Å²) in [6, 6.07) is 11.4. The predicted molar refractivity (Wildman–Crippen MR) is 107 cm³/mol. The second kappa shape index (κ2) is 9.23. The molecule has 1 atom stereocenters. The number of rotatable bonds is 7. The van der Waals surface area contributed by atoms with Gasteiger partial charge in [-0.05, 0) is 43.0 Å². The summed E-state index contributed by atoms with van der Waals surface area (Å²) in [5, 5.41) is 9.81. The summed E-state index contributed by atoms with van der Waals surface area (Å²) in [6.45, 7) is 0.784. The van der Waals surface area contributed by atoms with Crippen molar-refractivity contribution in [2.24, 2.45) is 5.73 Å². The van der Waals surface area contributed by atoms with E-state index >= 15 is 0 Å². The van der Waals surface area contributed by atoms with Crippen molar-refractivity contribution in [1.82, 2.24) is 4.90 Å². The quantitative estimate of drug-likeness (QED) is 0.698. The van der Waals surface area contributed by atoms with Crippen molar-refractivity contribution < 1.29 is 24.2 Å². The number of carbonyl (C=O) groups is 3. The van der Waals surface area contributed by atoms with Gasteiger partial charge in [-0.2, -0.15) is 0 Å². The third kappa shape index (κ3) is 4.74. The highest BCUT2D eigenvalue weighted by Crippen LogP contribution is 2.27. The fourth-order valence-electron chi connectivity index (χ4n) is 3.63. The molecule has 0 bridgehead atoms. The smallest absolute Gasteiger partial charge is 0.254 e. The number of phenols is 1. The van der Waals surface area contributed by atoms with Crippen LogP contribution in [0.4, 0.5) is 0 Å². The Kier molecular flexibility index (Phi) is 6.49. The zero-order chi connectivity index (χ0) is 20.8. The van der Waals surface area contributed by atoms with Crippen LogP contribution in [0.15, 0.2) is 42.5 Å². The first kappa shape index (κ1) is 20.4. The number of primary amides is 1. The number of nitrogens with zero attached hydrogens (tertiary/aromatic N) is 1. The number of phenolic OH excluding ortho intramolecular Hbond substituents is 1. The molecule has 1 heterocycles. The maximum Gasteiger partial charge on any atom is 0.254 e. The minimum atomic E-state index is -0.492. The molecule has 0 spiro atoms. The average molecular weight is 396 g/mol. The lowest BCUT2D eigenvalue weighted by atomic mass is 9.98. The molecule has 0 saturated carbocycles. The molecule has 2 aromatic rings. The van der Waals surface area contributed by atoms with Crippen molar-refractivity contribution in [3.8, 4) is 11.5 Å². The molecule has 1 aliphatic heterocycles. The molecule has 0 radical (unpaired) electrons. The van der Waals surface area contributed by atoms with Gasteiger partial charge in [0.15, 0.2) is 6.29 Å². The third-order valence-corrected chi connectivity index (χ3v) is 5.09. The zero-order valence-electron chi connectivity index (χ0n) is 16.0. The minimum Gasteiger partial charge on any atom is -0.507 e. The lowest BCUT2D eigenvalue weighted by molar-refractivity contribution is -0.117. The Morgan fingerprint density at radius 2 is 1.97 bits per heavy atom. The summed E-state index contributed by atoms with van der Waals surface area (Å²) < 4.78 is 5.80. The Morgan fingerprint density at radius 3 is 2.72 bits per heavy atom. The van der Waals surface area contributed by atoms with Crippen molar-refractivity contribution in [1.29, 1.82) is 0 Å². The molecule has 1 aliphatic rings. The number of hydrogen-bond acceptors (Lipinski definition) is 5. The van der Waals surface area contributed by atoms with Crippen molar-refractivity contribution in [2.75, 3.05) is 13.2 Å². The predicted octanol–water partition coefficient (Wildman–Crippen LogP) is 2.31. The normalized spacial score (nSPS) is 16.3. The Bertz CT molecular complexity index is 912. The highest BCUT2D eigenvalue weighted by atomic mass is 16.5. The molecule has 0 unspecified atom stereocenters. The fourth-order valence-corrected chi connectivity index (χ4v) is 3.63. The molecule has 29 heavy (non-hydrogen) atoms. The van der Waals surface area contributed by atoms with Crippen LogP contribution in [-0.2, 0) is 11.2 Å². The molecule has 2 aromatic carbocycles. The number of aldehydes is 1. The largest absolute Gasteiger partial charge is 0.507 e. The molecule has 1 saturated heterocycles. The monoisotopic (exact) mass is 396 g/mol. The molecule has 0 aliphatic carbocycles. The number of amides is 2.